The molecular formula is C20H38N4. The van der Waals surface area contributed by atoms with E-state index in [1.807, 2.05) is 0 Å². The predicted molar refractivity (Wildman–Crippen MR) is 103 cm³/mol. The van der Waals surface area contributed by atoms with Crippen molar-refractivity contribution in [2.45, 2.75) is 98.8 Å². The van der Waals surface area contributed by atoms with Crippen LogP contribution in [0, 0.1) is 5.92 Å². The first-order valence-corrected chi connectivity index (χ1v) is 9.63. The third-order valence-corrected chi connectivity index (χ3v) is 5.37. The summed E-state index contributed by atoms with van der Waals surface area (Å²) in [6, 6.07) is 2.03. The van der Waals surface area contributed by atoms with Crippen LogP contribution in [-0.4, -0.2) is 56.1 Å². The first kappa shape index (κ1) is 19.0. The van der Waals surface area contributed by atoms with Gasteiger partial charge in [-0.2, -0.15) is 0 Å². The topological polar surface area (TPSA) is 13.0 Å². The van der Waals surface area contributed by atoms with Gasteiger partial charge in [-0.3, -0.25) is 0 Å². The van der Waals surface area contributed by atoms with E-state index >= 15 is 0 Å². The van der Waals surface area contributed by atoms with Crippen molar-refractivity contribution >= 4 is 0 Å². The Morgan fingerprint density at radius 2 is 0.667 bits per heavy atom. The minimum absolute atomic E-state index is 0.400. The van der Waals surface area contributed by atoms with Crippen LogP contribution < -0.4 is 0 Å². The van der Waals surface area contributed by atoms with Gasteiger partial charge in [0.05, 0.1) is 0 Å². The summed E-state index contributed by atoms with van der Waals surface area (Å²) in [5.41, 5.74) is 0. The van der Waals surface area contributed by atoms with Gasteiger partial charge in [-0.05, 0) is 55.4 Å². The van der Waals surface area contributed by atoms with Crippen molar-refractivity contribution in [3.63, 3.8) is 0 Å². The van der Waals surface area contributed by atoms with Crippen molar-refractivity contribution in [3.8, 4) is 0 Å². The second-order valence-electron chi connectivity index (χ2n) is 8.45. The van der Waals surface area contributed by atoms with Gasteiger partial charge in [-0.1, -0.05) is 6.92 Å². The smallest absolute Gasteiger partial charge is 0.107 e. The summed E-state index contributed by atoms with van der Waals surface area (Å²) in [6.07, 6.45) is 9.94. The molecule has 0 N–H and O–H groups in total. The fourth-order valence-electron chi connectivity index (χ4n) is 4.12. The van der Waals surface area contributed by atoms with Crippen LogP contribution in [0.5, 0.6) is 0 Å². The molecule has 4 heteroatoms. The Morgan fingerprint density at radius 3 is 0.833 bits per heavy atom. The number of rotatable bonds is 6. The highest BCUT2D eigenvalue weighted by Gasteiger charge is 2.43. The maximum atomic E-state index is 2.53. The van der Waals surface area contributed by atoms with Gasteiger partial charge in [0.25, 0.3) is 0 Å². The van der Waals surface area contributed by atoms with E-state index in [1.165, 1.54) is 0 Å². The highest BCUT2D eigenvalue weighted by Crippen LogP contribution is 2.35. The van der Waals surface area contributed by atoms with Crippen LogP contribution in [0.1, 0.15) is 62.3 Å². The van der Waals surface area contributed by atoms with Crippen molar-refractivity contribution in [2.24, 2.45) is 5.92 Å². The van der Waals surface area contributed by atoms with Crippen LogP contribution in [-0.2, 0) is 0 Å². The van der Waals surface area contributed by atoms with Crippen molar-refractivity contribution in [1.29, 1.82) is 0 Å². The molecule has 2 aliphatic rings. The van der Waals surface area contributed by atoms with Crippen LogP contribution in [0.15, 0.2) is 24.8 Å². The van der Waals surface area contributed by atoms with Gasteiger partial charge in [0, 0.05) is 54.9 Å². The largest absolute Gasteiger partial charge is 0.353 e. The summed E-state index contributed by atoms with van der Waals surface area (Å²) >= 11 is 0. The monoisotopic (exact) mass is 334 g/mol. The van der Waals surface area contributed by atoms with Crippen molar-refractivity contribution in [1.82, 2.24) is 19.6 Å². The molecule has 0 aliphatic carbocycles. The zero-order valence-corrected chi connectivity index (χ0v) is 17.1. The molecule has 138 valence electrons. The summed E-state index contributed by atoms with van der Waals surface area (Å²) in [5, 5.41) is 0. The average Bonchev–Trinajstić information content (AvgIpc) is 3.10. The fraction of sp³-hybridized carbons (Fsp3) is 0.800. The van der Waals surface area contributed by atoms with Gasteiger partial charge in [0.1, 0.15) is 12.3 Å². The lowest BCUT2D eigenvalue weighted by Crippen LogP contribution is -2.58. The molecule has 0 aromatic rings. The molecule has 4 nitrogen and oxygen atoms in total. The molecule has 0 amide bonds. The van der Waals surface area contributed by atoms with Crippen LogP contribution in [0.2, 0.25) is 0 Å². The van der Waals surface area contributed by atoms with Crippen molar-refractivity contribution < 1.29 is 0 Å². The predicted octanol–water partition coefficient (Wildman–Crippen LogP) is 4.09. The number of nitrogens with zero attached hydrogens (tertiary/aromatic N) is 4. The standard InChI is InChI=1S/C20H38N4/c1-14(2)21-10-11-22(15(3)4)19(21)18(9)20-23(16(5)6)12-13-24(20)17(7)8/h10-20H,1-9H3. The second-order valence-corrected chi connectivity index (χ2v) is 8.45. The maximum Gasteiger partial charge on any atom is 0.107 e. The molecule has 0 fully saturated rings. The van der Waals surface area contributed by atoms with E-state index in [1.54, 1.807) is 0 Å². The number of hydrogen-bond donors (Lipinski definition) is 0. The minimum Gasteiger partial charge on any atom is -0.353 e. The molecule has 0 saturated carbocycles. The molecule has 0 spiro atoms. The molecule has 24 heavy (non-hydrogen) atoms. The van der Waals surface area contributed by atoms with Gasteiger partial charge in [0.15, 0.2) is 0 Å². The van der Waals surface area contributed by atoms with Crippen molar-refractivity contribution in [3.05, 3.63) is 24.8 Å². The SMILES string of the molecule is CC(C1N(C(C)C)C=CN1C(C)C)C1N(C(C)C)C=CN1C(C)C. The minimum atomic E-state index is 0.400. The van der Waals surface area contributed by atoms with Gasteiger partial charge >= 0.3 is 0 Å². The van der Waals surface area contributed by atoms with E-state index in [0.717, 1.165) is 0 Å². The average molecular weight is 335 g/mol. The van der Waals surface area contributed by atoms with Crippen LogP contribution in [0.3, 0.4) is 0 Å². The molecular weight excluding hydrogens is 296 g/mol. The maximum absolute atomic E-state index is 2.53. The van der Waals surface area contributed by atoms with E-state index in [-0.39, 0.29) is 0 Å². The van der Waals surface area contributed by atoms with E-state index in [2.05, 4.69) is 107 Å². The molecule has 0 atom stereocenters. The van der Waals surface area contributed by atoms with Gasteiger partial charge in [-0.25, -0.2) is 0 Å². The van der Waals surface area contributed by atoms with E-state index in [9.17, 15) is 0 Å². The molecule has 2 rings (SSSR count). The molecule has 0 unspecified atom stereocenters. The molecule has 0 aromatic heterocycles. The van der Waals surface area contributed by atoms with Gasteiger partial charge in [-0.15, -0.1) is 0 Å². The quantitative estimate of drug-likeness (QED) is 0.725. The highest BCUT2D eigenvalue weighted by molar-refractivity contribution is 5.08. The van der Waals surface area contributed by atoms with E-state index in [4.69, 9.17) is 0 Å². The Bertz CT molecular complexity index is 388. The Hall–Kier alpha value is -1.32. The van der Waals surface area contributed by atoms with Crippen LogP contribution in [0.4, 0.5) is 0 Å². The first-order chi connectivity index (χ1) is 11.2. The first-order valence-electron chi connectivity index (χ1n) is 9.63. The van der Waals surface area contributed by atoms with Gasteiger partial charge < -0.3 is 19.6 Å². The molecule has 2 aliphatic heterocycles. The summed E-state index contributed by atoms with van der Waals surface area (Å²) in [6.45, 7) is 20.8. The molecule has 0 radical (unpaired) electrons. The fourth-order valence-corrected chi connectivity index (χ4v) is 4.12. The molecule has 0 bridgehead atoms. The molecule has 0 saturated heterocycles. The zero-order chi connectivity index (χ0) is 18.2. The molecule has 2 heterocycles. The third kappa shape index (κ3) is 3.38. The molecule has 0 aromatic carbocycles. The Kier molecular flexibility index (Phi) is 5.77. The summed E-state index contributed by atoms with van der Waals surface area (Å²) < 4.78 is 0. The lowest BCUT2D eigenvalue weighted by molar-refractivity contribution is -0.0236. The van der Waals surface area contributed by atoms with Crippen LogP contribution in [0.25, 0.3) is 0 Å². The third-order valence-electron chi connectivity index (χ3n) is 5.37. The summed E-state index contributed by atoms with van der Waals surface area (Å²) in [5.74, 6) is 0.490. The Labute approximate surface area is 149 Å². The van der Waals surface area contributed by atoms with Crippen molar-refractivity contribution in [2.75, 3.05) is 0 Å². The lowest BCUT2D eigenvalue weighted by Gasteiger charge is -2.48. The normalized spacial score (nSPS) is 19.9. The number of hydrogen-bond acceptors (Lipinski definition) is 4. The van der Waals surface area contributed by atoms with E-state index < -0.39 is 0 Å². The van der Waals surface area contributed by atoms with Gasteiger partial charge in [0.2, 0.25) is 0 Å². The highest BCUT2D eigenvalue weighted by atomic mass is 15.5. The van der Waals surface area contributed by atoms with E-state index in [0.29, 0.717) is 42.4 Å². The second kappa shape index (κ2) is 7.28. The summed E-state index contributed by atoms with van der Waals surface area (Å²) in [7, 11) is 0. The summed E-state index contributed by atoms with van der Waals surface area (Å²) in [4.78, 5) is 10.1. The zero-order valence-electron chi connectivity index (χ0n) is 17.1. The lowest BCUT2D eigenvalue weighted by atomic mass is 9.98. The van der Waals surface area contributed by atoms with Crippen LogP contribution >= 0.6 is 0 Å². The Balaban J connectivity index is 2.33. The Morgan fingerprint density at radius 1 is 0.458 bits per heavy atom.